The molecule has 0 amide bonds. The number of ketones is 1. The van der Waals surface area contributed by atoms with Crippen molar-refractivity contribution in [2.24, 2.45) is 0 Å². The first-order valence-electron chi connectivity index (χ1n) is 5.45. The molecule has 1 aromatic carbocycles. The van der Waals surface area contributed by atoms with Crippen LogP contribution in [-0.2, 0) is 6.42 Å². The third-order valence-electron chi connectivity index (χ3n) is 2.77. The van der Waals surface area contributed by atoms with Crippen LogP contribution in [0.3, 0.4) is 0 Å². The molecule has 3 heteroatoms. The summed E-state index contributed by atoms with van der Waals surface area (Å²) in [6, 6.07) is 9.49. The number of nitrogens with two attached hydrogens (primary N) is 1. The molecular formula is C14H14N2O. The lowest BCUT2D eigenvalue weighted by atomic mass is 10.00. The highest BCUT2D eigenvalue weighted by Gasteiger charge is 2.11. The summed E-state index contributed by atoms with van der Waals surface area (Å²) >= 11 is 0. The van der Waals surface area contributed by atoms with Crippen LogP contribution in [-0.4, -0.2) is 10.8 Å². The SMILES string of the molecule is Cc1ccccc1CC(=O)c1cnccc1N. The summed E-state index contributed by atoms with van der Waals surface area (Å²) in [6.45, 7) is 2.00. The first kappa shape index (κ1) is 11.3. The van der Waals surface area contributed by atoms with Crippen LogP contribution in [0.2, 0.25) is 0 Å². The van der Waals surface area contributed by atoms with Crippen molar-refractivity contribution in [1.29, 1.82) is 0 Å². The maximum absolute atomic E-state index is 12.1. The molecule has 0 atom stereocenters. The minimum Gasteiger partial charge on any atom is -0.398 e. The molecule has 0 aliphatic rings. The van der Waals surface area contributed by atoms with E-state index in [9.17, 15) is 4.79 Å². The predicted molar refractivity (Wildman–Crippen MR) is 67.9 cm³/mol. The Kier molecular flexibility index (Phi) is 3.19. The summed E-state index contributed by atoms with van der Waals surface area (Å²) in [5, 5.41) is 0. The highest BCUT2D eigenvalue weighted by atomic mass is 16.1. The number of Topliss-reactive ketones (excluding diaryl/α,β-unsaturated/α-hetero) is 1. The second-order valence-electron chi connectivity index (χ2n) is 3.99. The number of rotatable bonds is 3. The van der Waals surface area contributed by atoms with Crippen LogP contribution in [0.5, 0.6) is 0 Å². The van der Waals surface area contributed by atoms with Gasteiger partial charge in [-0.2, -0.15) is 0 Å². The van der Waals surface area contributed by atoms with Crippen LogP contribution in [0.15, 0.2) is 42.7 Å². The summed E-state index contributed by atoms with van der Waals surface area (Å²) in [4.78, 5) is 16.0. The van der Waals surface area contributed by atoms with E-state index >= 15 is 0 Å². The lowest BCUT2D eigenvalue weighted by molar-refractivity contribution is 0.0993. The quantitative estimate of drug-likeness (QED) is 0.817. The van der Waals surface area contributed by atoms with Gasteiger partial charge in [-0.15, -0.1) is 0 Å². The topological polar surface area (TPSA) is 56.0 Å². The zero-order valence-electron chi connectivity index (χ0n) is 9.68. The molecule has 0 aliphatic heterocycles. The largest absolute Gasteiger partial charge is 0.398 e. The van der Waals surface area contributed by atoms with Crippen molar-refractivity contribution in [3.05, 3.63) is 59.4 Å². The van der Waals surface area contributed by atoms with Crippen molar-refractivity contribution in [3.63, 3.8) is 0 Å². The average Bonchev–Trinajstić information content (AvgIpc) is 2.32. The van der Waals surface area contributed by atoms with E-state index < -0.39 is 0 Å². The molecule has 0 saturated carbocycles. The Morgan fingerprint density at radius 1 is 1.29 bits per heavy atom. The summed E-state index contributed by atoms with van der Waals surface area (Å²) < 4.78 is 0. The van der Waals surface area contributed by atoms with Crippen molar-refractivity contribution in [2.75, 3.05) is 5.73 Å². The molecule has 2 rings (SSSR count). The molecule has 0 bridgehead atoms. The zero-order chi connectivity index (χ0) is 12.3. The molecular weight excluding hydrogens is 212 g/mol. The van der Waals surface area contributed by atoms with E-state index in [-0.39, 0.29) is 5.78 Å². The monoisotopic (exact) mass is 226 g/mol. The lowest BCUT2D eigenvalue weighted by Crippen LogP contribution is -2.08. The molecule has 1 aromatic heterocycles. The molecule has 17 heavy (non-hydrogen) atoms. The Balaban J connectivity index is 2.24. The Bertz CT molecular complexity index is 549. The van der Waals surface area contributed by atoms with E-state index in [2.05, 4.69) is 4.98 Å². The van der Waals surface area contributed by atoms with E-state index in [1.165, 1.54) is 6.20 Å². The Labute approximate surface area is 100 Å². The minimum absolute atomic E-state index is 0.00454. The van der Waals surface area contributed by atoms with Gasteiger partial charge >= 0.3 is 0 Å². The van der Waals surface area contributed by atoms with Gasteiger partial charge in [-0.1, -0.05) is 24.3 Å². The third kappa shape index (κ3) is 2.50. The number of pyridine rings is 1. The van der Waals surface area contributed by atoms with Crippen molar-refractivity contribution in [1.82, 2.24) is 4.98 Å². The molecule has 0 spiro atoms. The van der Waals surface area contributed by atoms with Crippen LogP contribution in [0.1, 0.15) is 21.5 Å². The van der Waals surface area contributed by atoms with Gasteiger partial charge in [0.2, 0.25) is 0 Å². The van der Waals surface area contributed by atoms with Crippen molar-refractivity contribution < 1.29 is 4.79 Å². The molecule has 0 aliphatic carbocycles. The molecule has 2 N–H and O–H groups in total. The normalized spacial score (nSPS) is 10.2. The highest BCUT2D eigenvalue weighted by Crippen LogP contribution is 2.15. The zero-order valence-corrected chi connectivity index (χ0v) is 9.68. The highest BCUT2D eigenvalue weighted by molar-refractivity contribution is 6.01. The molecule has 0 fully saturated rings. The lowest BCUT2D eigenvalue weighted by Gasteiger charge is -2.06. The second kappa shape index (κ2) is 4.78. The van der Waals surface area contributed by atoms with E-state index in [0.29, 0.717) is 17.7 Å². The molecule has 0 saturated heterocycles. The molecule has 0 unspecified atom stereocenters. The maximum Gasteiger partial charge on any atom is 0.170 e. The number of anilines is 1. The smallest absolute Gasteiger partial charge is 0.170 e. The van der Waals surface area contributed by atoms with Gasteiger partial charge in [-0.25, -0.2) is 0 Å². The molecule has 0 radical (unpaired) electrons. The summed E-state index contributed by atoms with van der Waals surface area (Å²) in [5.41, 5.74) is 8.88. The van der Waals surface area contributed by atoms with Gasteiger partial charge in [0.15, 0.2) is 5.78 Å². The van der Waals surface area contributed by atoms with Crippen molar-refractivity contribution in [3.8, 4) is 0 Å². The Morgan fingerprint density at radius 2 is 2.06 bits per heavy atom. The molecule has 2 aromatic rings. The minimum atomic E-state index is 0.00454. The summed E-state index contributed by atoms with van der Waals surface area (Å²) in [5.74, 6) is 0.00454. The van der Waals surface area contributed by atoms with Gasteiger partial charge in [0.25, 0.3) is 0 Å². The number of nitrogens with zero attached hydrogens (tertiary/aromatic N) is 1. The fourth-order valence-corrected chi connectivity index (χ4v) is 1.71. The van der Waals surface area contributed by atoms with Gasteiger partial charge < -0.3 is 5.73 Å². The number of aryl methyl sites for hydroxylation is 1. The first-order chi connectivity index (χ1) is 8.18. The Morgan fingerprint density at radius 3 is 2.76 bits per heavy atom. The average molecular weight is 226 g/mol. The predicted octanol–water partition coefficient (Wildman–Crippen LogP) is 2.40. The second-order valence-corrected chi connectivity index (χ2v) is 3.99. The van der Waals surface area contributed by atoms with Gasteiger partial charge in [0.1, 0.15) is 0 Å². The number of benzene rings is 1. The van der Waals surface area contributed by atoms with Crippen LogP contribution < -0.4 is 5.73 Å². The van der Waals surface area contributed by atoms with Crippen LogP contribution in [0, 0.1) is 6.92 Å². The summed E-state index contributed by atoms with van der Waals surface area (Å²) in [7, 11) is 0. The van der Waals surface area contributed by atoms with Crippen molar-refractivity contribution >= 4 is 11.5 Å². The van der Waals surface area contributed by atoms with Gasteiger partial charge in [0.05, 0.1) is 5.56 Å². The number of carbonyl (C=O) groups is 1. The third-order valence-corrected chi connectivity index (χ3v) is 2.77. The molecule has 86 valence electrons. The number of hydrogen-bond acceptors (Lipinski definition) is 3. The van der Waals surface area contributed by atoms with Gasteiger partial charge in [-0.05, 0) is 24.1 Å². The molecule has 1 heterocycles. The number of nitrogen functional groups attached to an aromatic ring is 1. The van der Waals surface area contributed by atoms with E-state index in [1.807, 2.05) is 31.2 Å². The fourth-order valence-electron chi connectivity index (χ4n) is 1.71. The number of aromatic nitrogens is 1. The van der Waals surface area contributed by atoms with Gasteiger partial charge in [0, 0.05) is 24.5 Å². The standard InChI is InChI=1S/C14H14N2O/c1-10-4-2-3-5-11(10)8-14(17)12-9-16-7-6-13(12)15/h2-7,9H,8H2,1H3,(H2,15,16). The van der Waals surface area contributed by atoms with E-state index in [0.717, 1.165) is 11.1 Å². The molecule has 3 nitrogen and oxygen atoms in total. The van der Waals surface area contributed by atoms with Crippen LogP contribution in [0.25, 0.3) is 0 Å². The van der Waals surface area contributed by atoms with E-state index in [4.69, 9.17) is 5.73 Å². The van der Waals surface area contributed by atoms with Crippen molar-refractivity contribution in [2.45, 2.75) is 13.3 Å². The van der Waals surface area contributed by atoms with Crippen LogP contribution >= 0.6 is 0 Å². The first-order valence-corrected chi connectivity index (χ1v) is 5.45. The maximum atomic E-state index is 12.1. The van der Waals surface area contributed by atoms with Crippen LogP contribution in [0.4, 0.5) is 5.69 Å². The number of hydrogen-bond donors (Lipinski definition) is 1. The van der Waals surface area contributed by atoms with E-state index in [1.54, 1.807) is 12.3 Å². The summed E-state index contributed by atoms with van der Waals surface area (Å²) in [6.07, 6.45) is 3.47. The van der Waals surface area contributed by atoms with Gasteiger partial charge in [-0.3, -0.25) is 9.78 Å². The fraction of sp³-hybridized carbons (Fsp3) is 0.143. The number of carbonyl (C=O) groups excluding carboxylic acids is 1. The Hall–Kier alpha value is -2.16.